The van der Waals surface area contributed by atoms with E-state index >= 15 is 0 Å². The molecule has 0 unspecified atom stereocenters. The fraction of sp³-hybridized carbons (Fsp3) is 0.733. The maximum atomic E-state index is 5.87. The van der Waals surface area contributed by atoms with E-state index in [4.69, 9.17) is 9.15 Å². The molecule has 0 saturated carbocycles. The number of nitrogens with zero attached hydrogens (tertiary/aromatic N) is 1. The molecule has 0 aliphatic carbocycles. The molecular weight excluding hydrogens is 240 g/mol. The van der Waals surface area contributed by atoms with Gasteiger partial charge in [-0.05, 0) is 32.4 Å². The number of hydrogen-bond donors (Lipinski definition) is 1. The summed E-state index contributed by atoms with van der Waals surface area (Å²) in [5.74, 6) is 2.12. The second kappa shape index (κ2) is 7.68. The van der Waals surface area contributed by atoms with Gasteiger partial charge in [0, 0.05) is 31.8 Å². The van der Waals surface area contributed by atoms with Crippen LogP contribution in [-0.4, -0.2) is 37.7 Å². The van der Waals surface area contributed by atoms with E-state index in [0.29, 0.717) is 0 Å². The van der Waals surface area contributed by atoms with Crippen molar-refractivity contribution in [2.24, 2.45) is 0 Å². The van der Waals surface area contributed by atoms with E-state index in [1.165, 1.54) is 5.56 Å². The van der Waals surface area contributed by atoms with Crippen LogP contribution in [0.4, 0.5) is 0 Å². The van der Waals surface area contributed by atoms with Crippen molar-refractivity contribution in [1.82, 2.24) is 10.2 Å². The number of nitrogens with one attached hydrogen (secondary N) is 1. The minimum atomic E-state index is 0.838. The van der Waals surface area contributed by atoms with Crippen LogP contribution in [0.2, 0.25) is 0 Å². The van der Waals surface area contributed by atoms with Crippen molar-refractivity contribution in [3.8, 4) is 0 Å². The zero-order valence-corrected chi connectivity index (χ0v) is 12.2. The number of aryl methyl sites for hydroxylation is 1. The van der Waals surface area contributed by atoms with Gasteiger partial charge in [0.25, 0.3) is 0 Å². The molecular formula is C15H26N2O2. The van der Waals surface area contributed by atoms with Gasteiger partial charge >= 0.3 is 0 Å². The third kappa shape index (κ3) is 4.64. The van der Waals surface area contributed by atoms with Crippen LogP contribution in [0.3, 0.4) is 0 Å². The lowest BCUT2D eigenvalue weighted by Crippen LogP contribution is -2.25. The number of furan rings is 1. The standard InChI is InChI=1S/C15H26N2O2/c1-3-5-16-11-14-10-15(19-13(14)2)12-17-6-4-8-18-9-7-17/h10,16H,3-9,11-12H2,1-2H3. The number of hydrogen-bond acceptors (Lipinski definition) is 4. The van der Waals surface area contributed by atoms with E-state index in [-0.39, 0.29) is 0 Å². The molecule has 2 heterocycles. The third-order valence-corrected chi connectivity index (χ3v) is 3.51. The quantitative estimate of drug-likeness (QED) is 0.802. The van der Waals surface area contributed by atoms with Crippen molar-refractivity contribution in [2.75, 3.05) is 32.8 Å². The zero-order valence-electron chi connectivity index (χ0n) is 12.2. The Kier molecular flexibility index (Phi) is 5.89. The van der Waals surface area contributed by atoms with Crippen LogP contribution in [0.25, 0.3) is 0 Å². The Labute approximate surface area is 116 Å². The van der Waals surface area contributed by atoms with Crippen molar-refractivity contribution >= 4 is 0 Å². The molecule has 0 atom stereocenters. The van der Waals surface area contributed by atoms with Crippen molar-refractivity contribution < 1.29 is 9.15 Å². The molecule has 1 aliphatic rings. The van der Waals surface area contributed by atoms with E-state index in [0.717, 1.165) is 70.3 Å². The molecule has 1 fully saturated rings. The van der Waals surface area contributed by atoms with E-state index in [1.807, 2.05) is 0 Å². The van der Waals surface area contributed by atoms with Crippen LogP contribution >= 0.6 is 0 Å². The number of rotatable bonds is 6. The first-order chi connectivity index (χ1) is 9.29. The molecule has 0 spiro atoms. The van der Waals surface area contributed by atoms with Gasteiger partial charge in [0.2, 0.25) is 0 Å². The highest BCUT2D eigenvalue weighted by atomic mass is 16.5. The Hall–Kier alpha value is -0.840. The Bertz CT molecular complexity index is 368. The Balaban J connectivity index is 1.87. The maximum absolute atomic E-state index is 5.87. The Morgan fingerprint density at radius 3 is 3.05 bits per heavy atom. The average molecular weight is 266 g/mol. The lowest BCUT2D eigenvalue weighted by atomic mass is 10.2. The molecule has 4 nitrogen and oxygen atoms in total. The first kappa shape index (κ1) is 14.6. The van der Waals surface area contributed by atoms with Gasteiger partial charge in [-0.2, -0.15) is 0 Å². The smallest absolute Gasteiger partial charge is 0.118 e. The molecule has 1 N–H and O–H groups in total. The highest BCUT2D eigenvalue weighted by molar-refractivity contribution is 5.20. The molecule has 1 aromatic heterocycles. The van der Waals surface area contributed by atoms with Gasteiger partial charge in [-0.15, -0.1) is 0 Å². The average Bonchev–Trinajstić information content (AvgIpc) is 2.61. The molecule has 4 heteroatoms. The summed E-state index contributed by atoms with van der Waals surface area (Å²) in [6.07, 6.45) is 2.28. The van der Waals surface area contributed by atoms with Gasteiger partial charge in [-0.3, -0.25) is 4.90 Å². The normalized spacial score (nSPS) is 17.6. The van der Waals surface area contributed by atoms with Gasteiger partial charge in [-0.1, -0.05) is 6.92 Å². The molecule has 0 radical (unpaired) electrons. The van der Waals surface area contributed by atoms with Crippen LogP contribution in [-0.2, 0) is 17.8 Å². The summed E-state index contributed by atoms with van der Waals surface area (Å²) in [5, 5.41) is 3.43. The van der Waals surface area contributed by atoms with Crippen LogP contribution in [0.5, 0.6) is 0 Å². The predicted molar refractivity (Wildman–Crippen MR) is 76.2 cm³/mol. The Morgan fingerprint density at radius 2 is 2.21 bits per heavy atom. The molecule has 108 valence electrons. The SMILES string of the molecule is CCCNCc1cc(CN2CCCOCC2)oc1C. The monoisotopic (exact) mass is 266 g/mol. The maximum Gasteiger partial charge on any atom is 0.118 e. The summed E-state index contributed by atoms with van der Waals surface area (Å²) in [6.45, 7) is 10.9. The summed E-state index contributed by atoms with van der Waals surface area (Å²) in [7, 11) is 0. The van der Waals surface area contributed by atoms with Crippen molar-refractivity contribution in [3.05, 3.63) is 23.2 Å². The predicted octanol–water partition coefficient (Wildman–Crippen LogP) is 2.31. The molecule has 0 amide bonds. The number of ether oxygens (including phenoxy) is 1. The minimum absolute atomic E-state index is 0.838. The fourth-order valence-electron chi connectivity index (χ4n) is 2.42. The lowest BCUT2D eigenvalue weighted by Gasteiger charge is -2.16. The van der Waals surface area contributed by atoms with Crippen LogP contribution < -0.4 is 5.32 Å². The summed E-state index contributed by atoms with van der Waals surface area (Å²) in [5.41, 5.74) is 1.29. The zero-order chi connectivity index (χ0) is 13.5. The van der Waals surface area contributed by atoms with Crippen LogP contribution in [0.1, 0.15) is 36.8 Å². The summed E-state index contributed by atoms with van der Waals surface area (Å²) < 4.78 is 11.3. The summed E-state index contributed by atoms with van der Waals surface area (Å²) >= 11 is 0. The highest BCUT2D eigenvalue weighted by Crippen LogP contribution is 2.17. The van der Waals surface area contributed by atoms with E-state index < -0.39 is 0 Å². The van der Waals surface area contributed by atoms with Gasteiger partial charge < -0.3 is 14.5 Å². The first-order valence-corrected chi connectivity index (χ1v) is 7.38. The van der Waals surface area contributed by atoms with Crippen LogP contribution in [0.15, 0.2) is 10.5 Å². The van der Waals surface area contributed by atoms with Crippen LogP contribution in [0, 0.1) is 6.92 Å². The van der Waals surface area contributed by atoms with Gasteiger partial charge in [0.1, 0.15) is 11.5 Å². The molecule has 2 rings (SSSR count). The second-order valence-corrected chi connectivity index (χ2v) is 5.21. The van der Waals surface area contributed by atoms with Gasteiger partial charge in [0.05, 0.1) is 13.2 Å². The van der Waals surface area contributed by atoms with E-state index in [9.17, 15) is 0 Å². The summed E-state index contributed by atoms with van der Waals surface area (Å²) in [4.78, 5) is 2.41. The summed E-state index contributed by atoms with van der Waals surface area (Å²) in [6, 6.07) is 2.20. The topological polar surface area (TPSA) is 37.6 Å². The Morgan fingerprint density at radius 1 is 1.32 bits per heavy atom. The van der Waals surface area contributed by atoms with Crippen molar-refractivity contribution in [3.63, 3.8) is 0 Å². The lowest BCUT2D eigenvalue weighted by molar-refractivity contribution is 0.139. The third-order valence-electron chi connectivity index (χ3n) is 3.51. The molecule has 0 aromatic carbocycles. The fourth-order valence-corrected chi connectivity index (χ4v) is 2.42. The van der Waals surface area contributed by atoms with E-state index in [2.05, 4.69) is 30.1 Å². The molecule has 1 aromatic rings. The van der Waals surface area contributed by atoms with Crippen molar-refractivity contribution in [2.45, 2.75) is 39.8 Å². The van der Waals surface area contributed by atoms with Gasteiger partial charge in [-0.25, -0.2) is 0 Å². The highest BCUT2D eigenvalue weighted by Gasteiger charge is 2.13. The molecule has 1 saturated heterocycles. The second-order valence-electron chi connectivity index (χ2n) is 5.21. The molecule has 0 bridgehead atoms. The van der Waals surface area contributed by atoms with Gasteiger partial charge in [0.15, 0.2) is 0 Å². The first-order valence-electron chi connectivity index (χ1n) is 7.38. The minimum Gasteiger partial charge on any atom is -0.465 e. The molecule has 19 heavy (non-hydrogen) atoms. The van der Waals surface area contributed by atoms with E-state index in [1.54, 1.807) is 0 Å². The molecule has 1 aliphatic heterocycles. The largest absolute Gasteiger partial charge is 0.465 e. The van der Waals surface area contributed by atoms with Crippen molar-refractivity contribution in [1.29, 1.82) is 0 Å².